The molecule has 0 amide bonds. The Balaban J connectivity index is 2.18. The number of aromatic nitrogens is 2. The third kappa shape index (κ3) is 2.74. The topological polar surface area (TPSA) is 43.8 Å². The van der Waals surface area contributed by atoms with Crippen molar-refractivity contribution in [2.24, 2.45) is 5.73 Å². The first kappa shape index (κ1) is 11.4. The predicted molar refractivity (Wildman–Crippen MR) is 68.6 cm³/mol. The van der Waals surface area contributed by atoms with E-state index in [1.165, 1.54) is 0 Å². The average Bonchev–Trinajstić information content (AvgIpc) is 2.86. The Morgan fingerprint density at radius 3 is 2.82 bits per heavy atom. The second-order valence-corrected chi connectivity index (χ2v) is 3.79. The molecule has 0 aliphatic rings. The Bertz CT molecular complexity index is 531. The predicted octanol–water partition coefficient (Wildman–Crippen LogP) is 2.29. The smallest absolute Gasteiger partial charge is 0.0645 e. The standard InChI is InChI=1S/C14H15N3/c1-2-3-9-14(15)12-10-16-17(11-12)13-7-5-4-6-8-13/h4-8,10-11,14H,9,15H2,1H3. The SMILES string of the molecule is CC#CCC(N)c1cnn(-c2ccccc2)c1. The molecule has 0 radical (unpaired) electrons. The highest BCUT2D eigenvalue weighted by molar-refractivity contribution is 5.31. The van der Waals surface area contributed by atoms with Crippen molar-refractivity contribution in [1.82, 2.24) is 9.78 Å². The molecule has 2 rings (SSSR count). The van der Waals surface area contributed by atoms with Crippen LogP contribution < -0.4 is 5.73 Å². The molecule has 0 bridgehead atoms. The Labute approximate surface area is 101 Å². The summed E-state index contributed by atoms with van der Waals surface area (Å²) in [6, 6.07) is 9.90. The summed E-state index contributed by atoms with van der Waals surface area (Å²) < 4.78 is 1.83. The van der Waals surface area contributed by atoms with E-state index < -0.39 is 0 Å². The van der Waals surface area contributed by atoms with Gasteiger partial charge in [-0.05, 0) is 19.1 Å². The van der Waals surface area contributed by atoms with Crippen molar-refractivity contribution in [3.63, 3.8) is 0 Å². The number of rotatable bonds is 3. The number of hydrogen-bond donors (Lipinski definition) is 1. The molecule has 3 nitrogen and oxygen atoms in total. The Morgan fingerprint density at radius 2 is 2.12 bits per heavy atom. The molecule has 86 valence electrons. The van der Waals surface area contributed by atoms with Gasteiger partial charge in [0, 0.05) is 24.2 Å². The van der Waals surface area contributed by atoms with Crippen LogP contribution in [-0.4, -0.2) is 9.78 Å². The molecule has 0 fully saturated rings. The first-order valence-corrected chi connectivity index (χ1v) is 5.56. The molecule has 1 aromatic carbocycles. The number of benzene rings is 1. The van der Waals surface area contributed by atoms with E-state index in [0.717, 1.165) is 11.3 Å². The molecule has 1 heterocycles. The largest absolute Gasteiger partial charge is 0.323 e. The fraction of sp³-hybridized carbons (Fsp3) is 0.214. The number of nitrogens with two attached hydrogens (primary N) is 1. The molecule has 0 saturated heterocycles. The van der Waals surface area contributed by atoms with Crippen LogP contribution in [0.5, 0.6) is 0 Å². The van der Waals surface area contributed by atoms with Crippen molar-refractivity contribution in [1.29, 1.82) is 0 Å². The molecule has 0 aliphatic carbocycles. The van der Waals surface area contributed by atoms with E-state index >= 15 is 0 Å². The minimum absolute atomic E-state index is 0.0695. The van der Waals surface area contributed by atoms with Crippen LogP contribution in [0, 0.1) is 11.8 Å². The number of nitrogens with zero attached hydrogens (tertiary/aromatic N) is 2. The number of hydrogen-bond acceptors (Lipinski definition) is 2. The van der Waals surface area contributed by atoms with Crippen LogP contribution in [0.15, 0.2) is 42.7 Å². The summed E-state index contributed by atoms with van der Waals surface area (Å²) in [5.74, 6) is 5.83. The van der Waals surface area contributed by atoms with Crippen molar-refractivity contribution < 1.29 is 0 Å². The van der Waals surface area contributed by atoms with Crippen molar-refractivity contribution in [3.8, 4) is 17.5 Å². The normalized spacial score (nSPS) is 11.6. The minimum atomic E-state index is -0.0695. The van der Waals surface area contributed by atoms with Gasteiger partial charge in [0.15, 0.2) is 0 Å². The molecule has 1 aromatic heterocycles. The monoisotopic (exact) mass is 225 g/mol. The molecule has 2 aromatic rings. The highest BCUT2D eigenvalue weighted by Gasteiger charge is 2.07. The molecule has 0 saturated carbocycles. The lowest BCUT2D eigenvalue weighted by atomic mass is 10.1. The third-order valence-electron chi connectivity index (χ3n) is 2.55. The first-order chi connectivity index (χ1) is 8.31. The van der Waals surface area contributed by atoms with Gasteiger partial charge in [-0.25, -0.2) is 4.68 Å². The molecule has 2 N–H and O–H groups in total. The van der Waals surface area contributed by atoms with Gasteiger partial charge in [0.05, 0.1) is 11.9 Å². The maximum Gasteiger partial charge on any atom is 0.0645 e. The van der Waals surface area contributed by atoms with Gasteiger partial charge in [-0.15, -0.1) is 11.8 Å². The second-order valence-electron chi connectivity index (χ2n) is 3.79. The van der Waals surface area contributed by atoms with Crippen molar-refractivity contribution in [3.05, 3.63) is 48.3 Å². The van der Waals surface area contributed by atoms with Crippen molar-refractivity contribution >= 4 is 0 Å². The van der Waals surface area contributed by atoms with E-state index in [1.54, 1.807) is 6.20 Å². The summed E-state index contributed by atoms with van der Waals surface area (Å²) in [6.07, 6.45) is 4.42. The molecular weight excluding hydrogens is 210 g/mol. The first-order valence-electron chi connectivity index (χ1n) is 5.56. The molecule has 1 atom stereocenters. The zero-order valence-corrected chi connectivity index (χ0v) is 9.80. The van der Waals surface area contributed by atoms with Crippen LogP contribution in [0.1, 0.15) is 24.9 Å². The van der Waals surface area contributed by atoms with Crippen molar-refractivity contribution in [2.45, 2.75) is 19.4 Å². The van der Waals surface area contributed by atoms with Gasteiger partial charge in [-0.1, -0.05) is 18.2 Å². The van der Waals surface area contributed by atoms with Crippen LogP contribution in [0.3, 0.4) is 0 Å². The zero-order valence-electron chi connectivity index (χ0n) is 9.80. The van der Waals surface area contributed by atoms with Crippen LogP contribution in [0.25, 0.3) is 5.69 Å². The van der Waals surface area contributed by atoms with Crippen LogP contribution >= 0.6 is 0 Å². The zero-order chi connectivity index (χ0) is 12.1. The summed E-state index contributed by atoms with van der Waals surface area (Å²) in [5.41, 5.74) is 8.06. The van der Waals surface area contributed by atoms with Gasteiger partial charge >= 0.3 is 0 Å². The summed E-state index contributed by atoms with van der Waals surface area (Å²) in [5, 5.41) is 4.30. The van der Waals surface area contributed by atoms with Crippen molar-refractivity contribution in [2.75, 3.05) is 0 Å². The van der Waals surface area contributed by atoms with Crippen LogP contribution in [0.2, 0.25) is 0 Å². The maximum atomic E-state index is 6.02. The Hall–Kier alpha value is -2.05. The summed E-state index contributed by atoms with van der Waals surface area (Å²) in [7, 11) is 0. The molecule has 3 heteroatoms. The summed E-state index contributed by atoms with van der Waals surface area (Å²) >= 11 is 0. The molecule has 0 spiro atoms. The van der Waals surface area contributed by atoms with E-state index in [1.807, 2.05) is 48.1 Å². The fourth-order valence-corrected chi connectivity index (χ4v) is 1.58. The van der Waals surface area contributed by atoms with Gasteiger partial charge in [-0.2, -0.15) is 5.10 Å². The highest BCUT2D eigenvalue weighted by Crippen LogP contribution is 2.14. The lowest BCUT2D eigenvalue weighted by Crippen LogP contribution is -2.08. The van der Waals surface area contributed by atoms with Crippen LogP contribution in [0.4, 0.5) is 0 Å². The van der Waals surface area contributed by atoms with Gasteiger partial charge in [-0.3, -0.25) is 0 Å². The van der Waals surface area contributed by atoms with Crippen LogP contribution in [-0.2, 0) is 0 Å². The summed E-state index contributed by atoms with van der Waals surface area (Å²) in [6.45, 7) is 1.82. The Morgan fingerprint density at radius 1 is 1.35 bits per heavy atom. The quantitative estimate of drug-likeness (QED) is 0.814. The van der Waals surface area contributed by atoms with E-state index in [2.05, 4.69) is 16.9 Å². The lowest BCUT2D eigenvalue weighted by Gasteiger charge is -2.03. The maximum absolute atomic E-state index is 6.02. The molecular formula is C14H15N3. The fourth-order valence-electron chi connectivity index (χ4n) is 1.58. The molecule has 0 aliphatic heterocycles. The molecule has 17 heavy (non-hydrogen) atoms. The van der Waals surface area contributed by atoms with E-state index in [4.69, 9.17) is 5.73 Å². The third-order valence-corrected chi connectivity index (χ3v) is 2.55. The van der Waals surface area contributed by atoms with Gasteiger partial charge < -0.3 is 5.73 Å². The van der Waals surface area contributed by atoms with Gasteiger partial charge in [0.1, 0.15) is 0 Å². The number of para-hydroxylation sites is 1. The second kappa shape index (κ2) is 5.33. The minimum Gasteiger partial charge on any atom is -0.323 e. The molecule has 1 unspecified atom stereocenters. The highest BCUT2D eigenvalue weighted by atomic mass is 15.3. The van der Waals surface area contributed by atoms with E-state index in [9.17, 15) is 0 Å². The van der Waals surface area contributed by atoms with E-state index in [0.29, 0.717) is 6.42 Å². The summed E-state index contributed by atoms with van der Waals surface area (Å²) in [4.78, 5) is 0. The average molecular weight is 225 g/mol. The Kier molecular flexibility index (Phi) is 3.59. The van der Waals surface area contributed by atoms with Gasteiger partial charge in [0.25, 0.3) is 0 Å². The lowest BCUT2D eigenvalue weighted by molar-refractivity contribution is 0.753. The van der Waals surface area contributed by atoms with Gasteiger partial charge in [0.2, 0.25) is 0 Å². The van der Waals surface area contributed by atoms with E-state index in [-0.39, 0.29) is 6.04 Å².